The maximum Gasteiger partial charge on any atom is 0.337 e. The number of hydrogen-bond donors (Lipinski definition) is 3. The summed E-state index contributed by atoms with van der Waals surface area (Å²) in [5.41, 5.74) is 4.36. The lowest BCUT2D eigenvalue weighted by Gasteiger charge is -2.30. The third-order valence-electron chi connectivity index (χ3n) is 4.02. The van der Waals surface area contributed by atoms with Gasteiger partial charge in [0.1, 0.15) is 5.70 Å². The van der Waals surface area contributed by atoms with Crippen LogP contribution in [0.2, 0.25) is 0 Å². The molecule has 148 valence electrons. The molecule has 1 aliphatic rings. The predicted molar refractivity (Wildman–Crippen MR) is 96.8 cm³/mol. The number of nitro benzene ring substituents is 1. The molecule has 0 bridgehead atoms. The number of nitro groups is 1. The summed E-state index contributed by atoms with van der Waals surface area (Å²) in [4.78, 5) is 46.9. The number of nitrogens with zero attached hydrogens (tertiary/aromatic N) is 1. The van der Waals surface area contributed by atoms with Gasteiger partial charge in [-0.3, -0.25) is 14.9 Å². The zero-order valence-electron chi connectivity index (χ0n) is 15.4. The minimum atomic E-state index is -1.50. The molecular formula is C18H19N3O7. The number of ether oxygens (including phenoxy) is 1. The van der Waals surface area contributed by atoms with Crippen LogP contribution in [0.1, 0.15) is 32.3 Å². The lowest BCUT2D eigenvalue weighted by molar-refractivity contribution is -0.384. The molecule has 1 amide bonds. The van der Waals surface area contributed by atoms with Crippen LogP contribution in [0.15, 0.2) is 46.8 Å². The first-order valence-electron chi connectivity index (χ1n) is 8.25. The minimum absolute atomic E-state index is 0.0726. The van der Waals surface area contributed by atoms with E-state index in [9.17, 15) is 29.6 Å². The number of rotatable bonds is 6. The molecule has 2 rings (SSSR count). The molecule has 0 radical (unpaired) electrons. The van der Waals surface area contributed by atoms with E-state index in [2.05, 4.69) is 5.32 Å². The van der Waals surface area contributed by atoms with Crippen LogP contribution in [0.25, 0.3) is 0 Å². The summed E-state index contributed by atoms with van der Waals surface area (Å²) in [5, 5.41) is 23.4. The SMILES string of the molecule is CC1=C(C(=O)OC(C)C)C(c2cccc([N+](=O)[O-])c2)C(C(=O)O)=C(C(N)=O)N1. The van der Waals surface area contributed by atoms with Gasteiger partial charge in [0.25, 0.3) is 11.6 Å². The number of allylic oxidation sites excluding steroid dienone is 1. The summed E-state index contributed by atoms with van der Waals surface area (Å²) in [6.07, 6.45) is -0.492. The van der Waals surface area contributed by atoms with Gasteiger partial charge in [-0.25, -0.2) is 9.59 Å². The second-order valence-corrected chi connectivity index (χ2v) is 6.36. The smallest absolute Gasteiger partial charge is 0.337 e. The van der Waals surface area contributed by atoms with Crippen molar-refractivity contribution in [3.63, 3.8) is 0 Å². The maximum absolute atomic E-state index is 12.7. The molecule has 0 fully saturated rings. The highest BCUT2D eigenvalue weighted by molar-refractivity contribution is 6.06. The number of carbonyl (C=O) groups excluding carboxylic acids is 2. The Kier molecular flexibility index (Phi) is 5.82. The molecule has 1 unspecified atom stereocenters. The highest BCUT2D eigenvalue weighted by Crippen LogP contribution is 2.39. The monoisotopic (exact) mass is 389 g/mol. The van der Waals surface area contributed by atoms with Gasteiger partial charge in [-0.1, -0.05) is 12.1 Å². The Balaban J connectivity index is 2.78. The Morgan fingerprint density at radius 1 is 1.29 bits per heavy atom. The van der Waals surface area contributed by atoms with Gasteiger partial charge in [0.05, 0.1) is 28.1 Å². The Morgan fingerprint density at radius 2 is 1.93 bits per heavy atom. The van der Waals surface area contributed by atoms with E-state index >= 15 is 0 Å². The molecule has 1 aliphatic heterocycles. The molecule has 10 nitrogen and oxygen atoms in total. The Hall–Kier alpha value is -3.69. The summed E-state index contributed by atoms with van der Waals surface area (Å²) in [6, 6.07) is 5.17. The van der Waals surface area contributed by atoms with Crippen LogP contribution < -0.4 is 11.1 Å². The van der Waals surface area contributed by atoms with E-state index in [1.165, 1.54) is 25.1 Å². The van der Waals surface area contributed by atoms with Gasteiger partial charge in [-0.15, -0.1) is 0 Å². The Labute approximate surface area is 159 Å². The number of non-ortho nitro benzene ring substituents is 1. The number of carbonyl (C=O) groups is 3. The van der Waals surface area contributed by atoms with Gasteiger partial charge in [0.2, 0.25) is 0 Å². The van der Waals surface area contributed by atoms with Gasteiger partial charge in [0, 0.05) is 17.8 Å². The van der Waals surface area contributed by atoms with Crippen LogP contribution in [0.5, 0.6) is 0 Å². The molecule has 0 saturated heterocycles. The standard InChI is InChI=1S/C18H19N3O7/c1-8(2)28-18(25)12-9(3)20-15(16(19)22)14(17(23)24)13(12)10-5-4-6-11(7-10)21(26)27/h4-8,13,20H,1-3H3,(H2,19,22)(H,23,24). The molecule has 0 spiro atoms. The molecule has 10 heteroatoms. The van der Waals surface area contributed by atoms with Crippen LogP contribution >= 0.6 is 0 Å². The van der Waals surface area contributed by atoms with Gasteiger partial charge in [0.15, 0.2) is 0 Å². The number of aliphatic carboxylic acids is 1. The topological polar surface area (TPSA) is 162 Å². The maximum atomic E-state index is 12.7. The number of nitrogens with one attached hydrogen (secondary N) is 1. The van der Waals surface area contributed by atoms with E-state index in [0.29, 0.717) is 0 Å². The lowest BCUT2D eigenvalue weighted by atomic mass is 9.80. The summed E-state index contributed by atoms with van der Waals surface area (Å²) in [5.74, 6) is -4.63. The highest BCUT2D eigenvalue weighted by Gasteiger charge is 2.40. The number of primary amides is 1. The van der Waals surface area contributed by atoms with Gasteiger partial charge >= 0.3 is 11.9 Å². The lowest BCUT2D eigenvalue weighted by Crippen LogP contribution is -2.38. The van der Waals surface area contributed by atoms with Crippen LogP contribution in [0.3, 0.4) is 0 Å². The second kappa shape index (κ2) is 7.91. The van der Waals surface area contributed by atoms with Crippen molar-refractivity contribution in [3.8, 4) is 0 Å². The first-order valence-corrected chi connectivity index (χ1v) is 8.25. The van der Waals surface area contributed by atoms with Crippen LogP contribution in [-0.2, 0) is 19.1 Å². The fourth-order valence-electron chi connectivity index (χ4n) is 2.95. The molecule has 0 aromatic heterocycles. The van der Waals surface area contributed by atoms with Gasteiger partial charge in [-0.2, -0.15) is 0 Å². The molecular weight excluding hydrogens is 370 g/mol. The molecule has 4 N–H and O–H groups in total. The number of dihydropyridines is 1. The van der Waals surface area contributed by atoms with E-state index in [4.69, 9.17) is 10.5 Å². The highest BCUT2D eigenvalue weighted by atomic mass is 16.6. The van der Waals surface area contributed by atoms with Crippen LogP contribution in [0, 0.1) is 10.1 Å². The fraction of sp³-hybridized carbons (Fsp3) is 0.278. The van der Waals surface area contributed by atoms with Crippen molar-refractivity contribution in [1.82, 2.24) is 5.32 Å². The van der Waals surface area contributed by atoms with Crippen molar-refractivity contribution in [2.45, 2.75) is 32.8 Å². The number of carboxylic acid groups (broad SMARTS) is 1. The van der Waals surface area contributed by atoms with E-state index in [0.717, 1.165) is 6.07 Å². The van der Waals surface area contributed by atoms with E-state index < -0.39 is 46.1 Å². The predicted octanol–water partition coefficient (Wildman–Crippen LogP) is 1.33. The zero-order chi connectivity index (χ0) is 21.2. The summed E-state index contributed by atoms with van der Waals surface area (Å²) < 4.78 is 5.21. The molecule has 1 heterocycles. The Bertz CT molecular complexity index is 931. The first-order chi connectivity index (χ1) is 13.0. The molecule has 1 aromatic carbocycles. The molecule has 0 aliphatic carbocycles. The quantitative estimate of drug-likeness (QED) is 0.373. The van der Waals surface area contributed by atoms with Crippen molar-refractivity contribution in [2.24, 2.45) is 5.73 Å². The number of esters is 1. The van der Waals surface area contributed by atoms with Crippen LogP contribution in [-0.4, -0.2) is 34.0 Å². The zero-order valence-corrected chi connectivity index (χ0v) is 15.4. The third-order valence-corrected chi connectivity index (χ3v) is 4.02. The van der Waals surface area contributed by atoms with Crippen molar-refractivity contribution >= 4 is 23.5 Å². The summed E-state index contributed by atoms with van der Waals surface area (Å²) >= 11 is 0. The summed E-state index contributed by atoms with van der Waals surface area (Å²) in [7, 11) is 0. The fourth-order valence-corrected chi connectivity index (χ4v) is 2.95. The second-order valence-electron chi connectivity index (χ2n) is 6.36. The van der Waals surface area contributed by atoms with Crippen molar-refractivity contribution in [1.29, 1.82) is 0 Å². The number of nitrogens with two attached hydrogens (primary N) is 1. The van der Waals surface area contributed by atoms with E-state index in [1.54, 1.807) is 13.8 Å². The van der Waals surface area contributed by atoms with E-state index in [1.807, 2.05) is 0 Å². The molecule has 28 heavy (non-hydrogen) atoms. The number of hydrogen-bond acceptors (Lipinski definition) is 7. The normalized spacial score (nSPS) is 16.6. The van der Waals surface area contributed by atoms with Gasteiger partial charge < -0.3 is 20.9 Å². The Morgan fingerprint density at radius 3 is 2.43 bits per heavy atom. The van der Waals surface area contributed by atoms with E-state index in [-0.39, 0.29) is 22.5 Å². The summed E-state index contributed by atoms with van der Waals surface area (Å²) in [6.45, 7) is 4.70. The average molecular weight is 389 g/mol. The number of benzene rings is 1. The third kappa shape index (κ3) is 4.00. The number of amides is 1. The molecule has 0 saturated carbocycles. The van der Waals surface area contributed by atoms with Gasteiger partial charge in [-0.05, 0) is 26.3 Å². The largest absolute Gasteiger partial charge is 0.478 e. The van der Waals surface area contributed by atoms with Crippen molar-refractivity contribution in [2.75, 3.05) is 0 Å². The molecule has 1 atom stereocenters. The minimum Gasteiger partial charge on any atom is -0.478 e. The number of carboxylic acids is 1. The van der Waals surface area contributed by atoms with Crippen molar-refractivity contribution in [3.05, 3.63) is 62.5 Å². The van der Waals surface area contributed by atoms with Crippen LogP contribution in [0.4, 0.5) is 5.69 Å². The first kappa shape index (κ1) is 20.6. The average Bonchev–Trinajstić information content (AvgIpc) is 2.59. The molecule has 1 aromatic rings. The van der Waals surface area contributed by atoms with Crippen molar-refractivity contribution < 1.29 is 29.2 Å².